The molecule has 32 heavy (non-hydrogen) atoms. The molecule has 1 aromatic heterocycles. The number of ether oxygens (including phenoxy) is 4. The monoisotopic (exact) mass is 483 g/mol. The molecule has 9 nitrogen and oxygen atoms in total. The van der Waals surface area contributed by atoms with Crippen molar-refractivity contribution in [3.05, 3.63) is 39.8 Å². The van der Waals surface area contributed by atoms with E-state index in [1.807, 2.05) is 0 Å². The Bertz CT molecular complexity index is 1140. The van der Waals surface area contributed by atoms with Gasteiger partial charge in [-0.3, -0.25) is 0 Å². The van der Waals surface area contributed by atoms with E-state index in [0.29, 0.717) is 41.2 Å². The maximum absolute atomic E-state index is 13.8. The predicted molar refractivity (Wildman–Crippen MR) is 117 cm³/mol. The molecule has 1 aromatic carbocycles. The Morgan fingerprint density at radius 1 is 1.06 bits per heavy atom. The average molecular weight is 484 g/mol. The van der Waals surface area contributed by atoms with E-state index in [0.717, 1.165) is 7.11 Å². The van der Waals surface area contributed by atoms with Gasteiger partial charge in [0.1, 0.15) is 16.4 Å². The van der Waals surface area contributed by atoms with Gasteiger partial charge in [-0.15, -0.1) is 11.3 Å². The molecule has 1 saturated heterocycles. The molecule has 3 rings (SSSR count). The molecule has 174 valence electrons. The van der Waals surface area contributed by atoms with Gasteiger partial charge in [0.2, 0.25) is 0 Å². The molecule has 0 bridgehead atoms. The van der Waals surface area contributed by atoms with E-state index in [9.17, 15) is 18.0 Å². The third-order valence-electron chi connectivity index (χ3n) is 5.42. The van der Waals surface area contributed by atoms with Crippen LogP contribution in [0.2, 0.25) is 0 Å². The van der Waals surface area contributed by atoms with E-state index < -0.39 is 28.0 Å². The summed E-state index contributed by atoms with van der Waals surface area (Å²) in [6.07, 6.45) is 1.18. The first-order valence-electron chi connectivity index (χ1n) is 9.75. The van der Waals surface area contributed by atoms with Crippen LogP contribution >= 0.6 is 11.3 Å². The zero-order valence-corrected chi connectivity index (χ0v) is 20.1. The zero-order chi connectivity index (χ0) is 23.6. The summed E-state index contributed by atoms with van der Waals surface area (Å²) in [5.41, 5.74) is 0.720. The highest BCUT2D eigenvalue weighted by Crippen LogP contribution is 2.44. The number of carbonyl (C=O) groups is 2. The van der Waals surface area contributed by atoms with Crippen molar-refractivity contribution < 1.29 is 37.0 Å². The molecule has 1 fully saturated rings. The number of sulfonamides is 1. The lowest BCUT2D eigenvalue weighted by Gasteiger charge is -2.26. The van der Waals surface area contributed by atoms with E-state index in [1.54, 1.807) is 18.2 Å². The van der Waals surface area contributed by atoms with Crippen molar-refractivity contribution in [1.29, 1.82) is 0 Å². The van der Waals surface area contributed by atoms with Crippen molar-refractivity contribution in [3.8, 4) is 11.5 Å². The standard InChI is InChI=1S/C21H25NO8S2/c1-12-17(19(23)29-4)21(31-18(12)20(24)30-5)32(25,26)22-10-6-7-15(22)14-11-13(27-2)8-9-16(14)28-3/h8-9,11,15H,6-7,10H2,1-5H3/t15-/m1/s1. The Balaban J connectivity index is 2.16. The largest absolute Gasteiger partial charge is 0.497 e. The van der Waals surface area contributed by atoms with Crippen LogP contribution in [-0.4, -0.2) is 59.6 Å². The van der Waals surface area contributed by atoms with Gasteiger partial charge in [0, 0.05) is 12.1 Å². The van der Waals surface area contributed by atoms with Gasteiger partial charge >= 0.3 is 11.9 Å². The number of carbonyl (C=O) groups excluding carboxylic acids is 2. The second-order valence-corrected chi connectivity index (χ2v) is 10.2. The van der Waals surface area contributed by atoms with Crippen molar-refractivity contribution in [3.63, 3.8) is 0 Å². The second kappa shape index (κ2) is 9.47. The number of methoxy groups -OCH3 is 4. The average Bonchev–Trinajstić information content (AvgIpc) is 3.43. The minimum absolute atomic E-state index is 0.0428. The molecule has 1 atom stereocenters. The first kappa shape index (κ1) is 24.0. The van der Waals surface area contributed by atoms with Crippen molar-refractivity contribution >= 4 is 33.3 Å². The number of benzene rings is 1. The van der Waals surface area contributed by atoms with Crippen molar-refractivity contribution in [2.75, 3.05) is 35.0 Å². The lowest BCUT2D eigenvalue weighted by atomic mass is 10.0. The van der Waals surface area contributed by atoms with Crippen LogP contribution in [0.4, 0.5) is 0 Å². The van der Waals surface area contributed by atoms with Crippen molar-refractivity contribution in [1.82, 2.24) is 4.31 Å². The Hall–Kier alpha value is -2.63. The minimum Gasteiger partial charge on any atom is -0.497 e. The lowest BCUT2D eigenvalue weighted by Crippen LogP contribution is -2.31. The van der Waals surface area contributed by atoms with Gasteiger partial charge in [-0.1, -0.05) is 0 Å². The molecule has 2 heterocycles. The molecule has 0 N–H and O–H groups in total. The molecule has 2 aromatic rings. The summed E-state index contributed by atoms with van der Waals surface area (Å²) < 4.78 is 49.0. The molecular formula is C21H25NO8S2. The van der Waals surface area contributed by atoms with Crippen LogP contribution < -0.4 is 9.47 Å². The summed E-state index contributed by atoms with van der Waals surface area (Å²) in [6, 6.07) is 4.68. The molecule has 0 saturated carbocycles. The number of thiophene rings is 1. The fourth-order valence-electron chi connectivity index (χ4n) is 3.84. The van der Waals surface area contributed by atoms with Crippen LogP contribution in [-0.2, 0) is 19.5 Å². The van der Waals surface area contributed by atoms with Crippen LogP contribution in [0.1, 0.15) is 50.0 Å². The van der Waals surface area contributed by atoms with Gasteiger partial charge in [0.15, 0.2) is 4.21 Å². The molecule has 0 aliphatic carbocycles. The number of hydrogen-bond acceptors (Lipinski definition) is 9. The highest BCUT2D eigenvalue weighted by molar-refractivity contribution is 7.91. The Kier molecular flexibility index (Phi) is 7.11. The number of esters is 2. The molecule has 1 aliphatic heterocycles. The fourth-order valence-corrected chi connectivity index (χ4v) is 7.37. The van der Waals surface area contributed by atoms with Gasteiger partial charge in [-0.25, -0.2) is 18.0 Å². The zero-order valence-electron chi connectivity index (χ0n) is 18.5. The molecule has 0 spiro atoms. The lowest BCUT2D eigenvalue weighted by molar-refractivity contribution is 0.0596. The Morgan fingerprint density at radius 2 is 1.75 bits per heavy atom. The predicted octanol–water partition coefficient (Wildman–Crippen LogP) is 3.17. The van der Waals surface area contributed by atoms with Crippen LogP contribution in [0.3, 0.4) is 0 Å². The molecule has 11 heteroatoms. The molecule has 0 unspecified atom stereocenters. The quantitative estimate of drug-likeness (QED) is 0.553. The normalized spacial score (nSPS) is 16.6. The van der Waals surface area contributed by atoms with E-state index in [1.165, 1.54) is 32.6 Å². The first-order valence-corrected chi connectivity index (χ1v) is 12.0. The van der Waals surface area contributed by atoms with Gasteiger partial charge in [0.05, 0.1) is 40.0 Å². The van der Waals surface area contributed by atoms with Crippen LogP contribution in [0.15, 0.2) is 22.4 Å². The maximum Gasteiger partial charge on any atom is 0.348 e. The summed E-state index contributed by atoms with van der Waals surface area (Å²) in [4.78, 5) is 24.7. The van der Waals surface area contributed by atoms with Gasteiger partial charge in [-0.2, -0.15) is 4.31 Å². The van der Waals surface area contributed by atoms with E-state index in [-0.39, 0.29) is 26.8 Å². The highest BCUT2D eigenvalue weighted by atomic mass is 32.2. The maximum atomic E-state index is 13.8. The summed E-state index contributed by atoms with van der Waals surface area (Å²) in [5.74, 6) is -0.447. The smallest absolute Gasteiger partial charge is 0.348 e. The summed E-state index contributed by atoms with van der Waals surface area (Å²) in [5, 5.41) is 0. The van der Waals surface area contributed by atoms with Crippen LogP contribution in [0.5, 0.6) is 11.5 Å². The molecular weight excluding hydrogens is 458 g/mol. The summed E-state index contributed by atoms with van der Waals surface area (Å²) in [7, 11) is 1.23. The third kappa shape index (κ3) is 4.07. The number of hydrogen-bond donors (Lipinski definition) is 0. The van der Waals surface area contributed by atoms with Crippen molar-refractivity contribution in [2.45, 2.75) is 30.0 Å². The highest BCUT2D eigenvalue weighted by Gasteiger charge is 2.42. The Morgan fingerprint density at radius 3 is 2.34 bits per heavy atom. The van der Waals surface area contributed by atoms with Crippen LogP contribution in [0.25, 0.3) is 0 Å². The van der Waals surface area contributed by atoms with E-state index >= 15 is 0 Å². The van der Waals surface area contributed by atoms with Gasteiger partial charge < -0.3 is 18.9 Å². The van der Waals surface area contributed by atoms with E-state index in [4.69, 9.17) is 18.9 Å². The number of rotatable bonds is 7. The van der Waals surface area contributed by atoms with Gasteiger partial charge in [0.25, 0.3) is 10.0 Å². The third-order valence-corrected chi connectivity index (χ3v) is 9.09. The van der Waals surface area contributed by atoms with Gasteiger partial charge in [-0.05, 0) is 43.5 Å². The number of nitrogens with zero attached hydrogens (tertiary/aromatic N) is 1. The van der Waals surface area contributed by atoms with E-state index in [2.05, 4.69) is 0 Å². The molecule has 0 amide bonds. The SMILES string of the molecule is COC(=O)c1sc(S(=O)(=O)N2CCC[C@@H]2c2cc(OC)ccc2OC)c(C(=O)OC)c1C. The van der Waals surface area contributed by atoms with Crippen molar-refractivity contribution in [2.24, 2.45) is 0 Å². The van der Waals surface area contributed by atoms with Crippen LogP contribution in [0, 0.1) is 6.92 Å². The summed E-state index contributed by atoms with van der Waals surface area (Å²) in [6.45, 7) is 1.75. The molecule has 0 radical (unpaired) electrons. The summed E-state index contributed by atoms with van der Waals surface area (Å²) >= 11 is 0.710. The fraction of sp³-hybridized carbons (Fsp3) is 0.429. The minimum atomic E-state index is -4.16. The topological polar surface area (TPSA) is 108 Å². The first-order chi connectivity index (χ1) is 15.2. The molecule has 1 aliphatic rings. The second-order valence-electron chi connectivity index (χ2n) is 7.08. The Labute approximate surface area is 190 Å².